The maximum Gasteiger partial charge on any atom is 0.0601 e. The van der Waals surface area contributed by atoms with Crippen molar-refractivity contribution in [1.29, 1.82) is 0 Å². The first-order chi connectivity index (χ1) is 7.81. The molecule has 0 aromatic heterocycles. The van der Waals surface area contributed by atoms with Crippen LogP contribution < -0.4 is 5.32 Å². The summed E-state index contributed by atoms with van der Waals surface area (Å²) in [6.45, 7) is 3.71. The second-order valence-electron chi connectivity index (χ2n) is 5.87. The molecular weight excluding hydrogens is 200 g/mol. The van der Waals surface area contributed by atoms with Crippen molar-refractivity contribution in [1.82, 2.24) is 10.2 Å². The van der Waals surface area contributed by atoms with E-state index in [9.17, 15) is 0 Å². The topological polar surface area (TPSA) is 24.5 Å². The highest BCUT2D eigenvalue weighted by Gasteiger charge is 2.42. The van der Waals surface area contributed by atoms with Crippen LogP contribution in [-0.2, 0) is 4.74 Å². The van der Waals surface area contributed by atoms with Gasteiger partial charge in [0, 0.05) is 38.3 Å². The monoisotopic (exact) mass is 224 g/mol. The Balaban J connectivity index is 1.56. The molecule has 3 rings (SSSR count). The van der Waals surface area contributed by atoms with Gasteiger partial charge in [-0.2, -0.15) is 0 Å². The predicted octanol–water partition coefficient (Wildman–Crippen LogP) is 1.38. The molecule has 3 heteroatoms. The van der Waals surface area contributed by atoms with Gasteiger partial charge in [0.05, 0.1) is 6.10 Å². The maximum atomic E-state index is 5.38. The van der Waals surface area contributed by atoms with Crippen LogP contribution in [-0.4, -0.2) is 49.3 Å². The molecule has 0 amide bonds. The first-order valence-corrected chi connectivity index (χ1v) is 6.83. The van der Waals surface area contributed by atoms with Crippen LogP contribution in [0.25, 0.3) is 0 Å². The third-order valence-electron chi connectivity index (χ3n) is 4.89. The minimum absolute atomic E-state index is 0.483. The molecule has 3 nitrogen and oxygen atoms in total. The molecule has 0 aromatic rings. The molecule has 1 saturated heterocycles. The van der Waals surface area contributed by atoms with E-state index >= 15 is 0 Å². The third-order valence-corrected chi connectivity index (χ3v) is 4.89. The van der Waals surface area contributed by atoms with Gasteiger partial charge in [-0.1, -0.05) is 12.8 Å². The van der Waals surface area contributed by atoms with Crippen molar-refractivity contribution in [2.24, 2.45) is 0 Å². The minimum Gasteiger partial charge on any atom is -0.381 e. The summed E-state index contributed by atoms with van der Waals surface area (Å²) in [6.07, 6.45) is 8.69. The molecule has 1 aliphatic heterocycles. The first kappa shape index (κ1) is 11.0. The highest BCUT2D eigenvalue weighted by atomic mass is 16.5. The Kier molecular flexibility index (Phi) is 2.94. The Labute approximate surface area is 98.5 Å². The summed E-state index contributed by atoms with van der Waals surface area (Å²) >= 11 is 0. The van der Waals surface area contributed by atoms with Gasteiger partial charge >= 0.3 is 0 Å². The van der Waals surface area contributed by atoms with Crippen LogP contribution in [0.4, 0.5) is 0 Å². The van der Waals surface area contributed by atoms with E-state index in [2.05, 4.69) is 10.2 Å². The van der Waals surface area contributed by atoms with Gasteiger partial charge in [-0.25, -0.2) is 0 Å². The largest absolute Gasteiger partial charge is 0.381 e. The van der Waals surface area contributed by atoms with Gasteiger partial charge < -0.3 is 10.1 Å². The van der Waals surface area contributed by atoms with Crippen molar-refractivity contribution in [2.75, 3.05) is 26.7 Å². The zero-order chi connectivity index (χ0) is 11.0. The number of methoxy groups -OCH3 is 1. The Hall–Kier alpha value is -0.120. The summed E-state index contributed by atoms with van der Waals surface area (Å²) in [5.41, 5.74) is 0.483. The summed E-state index contributed by atoms with van der Waals surface area (Å²) in [5.74, 6) is 0. The molecule has 2 saturated carbocycles. The second-order valence-corrected chi connectivity index (χ2v) is 5.87. The summed E-state index contributed by atoms with van der Waals surface area (Å²) in [5, 5.41) is 3.78. The van der Waals surface area contributed by atoms with E-state index in [1.54, 1.807) is 0 Å². The van der Waals surface area contributed by atoms with Crippen LogP contribution in [0.3, 0.4) is 0 Å². The van der Waals surface area contributed by atoms with E-state index in [0.717, 1.165) is 6.04 Å². The minimum atomic E-state index is 0.483. The molecule has 0 unspecified atom stereocenters. The second kappa shape index (κ2) is 4.28. The third kappa shape index (κ3) is 1.89. The first-order valence-electron chi connectivity index (χ1n) is 6.83. The molecule has 92 valence electrons. The van der Waals surface area contributed by atoms with Crippen molar-refractivity contribution in [3.63, 3.8) is 0 Å². The highest BCUT2D eigenvalue weighted by molar-refractivity contribution is 5.01. The molecule has 16 heavy (non-hydrogen) atoms. The molecule has 1 N–H and O–H groups in total. The van der Waals surface area contributed by atoms with Gasteiger partial charge in [0.15, 0.2) is 0 Å². The van der Waals surface area contributed by atoms with Crippen LogP contribution >= 0.6 is 0 Å². The lowest BCUT2D eigenvalue weighted by molar-refractivity contribution is -0.0429. The highest BCUT2D eigenvalue weighted by Crippen LogP contribution is 2.35. The van der Waals surface area contributed by atoms with Crippen molar-refractivity contribution in [2.45, 2.75) is 56.2 Å². The lowest BCUT2D eigenvalue weighted by Gasteiger charge is -2.49. The number of nitrogens with zero attached hydrogens (tertiary/aromatic N) is 1. The van der Waals surface area contributed by atoms with Crippen molar-refractivity contribution in [3.8, 4) is 0 Å². The number of rotatable bonds is 2. The molecular formula is C13H24N2O. The number of hydrogen-bond acceptors (Lipinski definition) is 3. The predicted molar refractivity (Wildman–Crippen MR) is 64.6 cm³/mol. The Morgan fingerprint density at radius 2 is 2.00 bits per heavy atom. The van der Waals surface area contributed by atoms with Gasteiger partial charge in [0.1, 0.15) is 0 Å². The smallest absolute Gasteiger partial charge is 0.0601 e. The van der Waals surface area contributed by atoms with E-state index in [1.165, 1.54) is 58.2 Å². The van der Waals surface area contributed by atoms with Gasteiger partial charge in [-0.15, -0.1) is 0 Å². The Morgan fingerprint density at radius 1 is 1.25 bits per heavy atom. The number of piperazine rings is 1. The van der Waals surface area contributed by atoms with Crippen LogP contribution in [0.15, 0.2) is 0 Å². The van der Waals surface area contributed by atoms with Crippen molar-refractivity contribution < 1.29 is 4.74 Å². The fourth-order valence-corrected chi connectivity index (χ4v) is 3.72. The molecule has 0 radical (unpaired) electrons. The lowest BCUT2D eigenvalue weighted by atomic mass is 9.85. The zero-order valence-corrected chi connectivity index (χ0v) is 10.4. The molecule has 1 spiro atoms. The summed E-state index contributed by atoms with van der Waals surface area (Å²) in [7, 11) is 1.84. The van der Waals surface area contributed by atoms with Crippen LogP contribution in [0.5, 0.6) is 0 Å². The molecule has 3 aliphatic rings. The van der Waals surface area contributed by atoms with Crippen molar-refractivity contribution >= 4 is 0 Å². The normalized spacial score (nSPS) is 38.8. The van der Waals surface area contributed by atoms with Gasteiger partial charge in [0.25, 0.3) is 0 Å². The Bertz CT molecular complexity index is 244. The molecule has 0 atom stereocenters. The number of nitrogens with one attached hydrogen (secondary N) is 1. The van der Waals surface area contributed by atoms with Crippen LogP contribution in [0.2, 0.25) is 0 Å². The van der Waals surface area contributed by atoms with E-state index < -0.39 is 0 Å². The molecule has 1 heterocycles. The maximum absolute atomic E-state index is 5.38. The van der Waals surface area contributed by atoms with Gasteiger partial charge in [-0.05, 0) is 25.7 Å². The zero-order valence-electron chi connectivity index (χ0n) is 10.4. The van der Waals surface area contributed by atoms with Crippen LogP contribution in [0.1, 0.15) is 38.5 Å². The molecule has 2 aliphatic carbocycles. The van der Waals surface area contributed by atoms with Crippen molar-refractivity contribution in [3.05, 3.63) is 0 Å². The number of hydrogen-bond donors (Lipinski definition) is 1. The van der Waals surface area contributed by atoms with E-state index in [0.29, 0.717) is 11.6 Å². The quantitative estimate of drug-likeness (QED) is 0.767. The van der Waals surface area contributed by atoms with E-state index in [-0.39, 0.29) is 0 Å². The van der Waals surface area contributed by atoms with Gasteiger partial charge in [0.2, 0.25) is 0 Å². The SMILES string of the molecule is COC1CC(N2CCNC3(CCCC3)C2)C1. The van der Waals surface area contributed by atoms with Gasteiger partial charge in [-0.3, -0.25) is 4.90 Å². The summed E-state index contributed by atoms with van der Waals surface area (Å²) in [6, 6.07) is 0.810. The molecule has 3 fully saturated rings. The molecule has 0 aromatic carbocycles. The summed E-state index contributed by atoms with van der Waals surface area (Å²) < 4.78 is 5.38. The van der Waals surface area contributed by atoms with E-state index in [1.807, 2.05) is 7.11 Å². The summed E-state index contributed by atoms with van der Waals surface area (Å²) in [4.78, 5) is 2.72. The van der Waals surface area contributed by atoms with Crippen LogP contribution in [0, 0.1) is 0 Å². The van der Waals surface area contributed by atoms with E-state index in [4.69, 9.17) is 4.74 Å². The molecule has 0 bridgehead atoms. The standard InChI is InChI=1S/C13H24N2O/c1-16-12-8-11(9-12)15-7-6-14-13(10-15)4-2-3-5-13/h11-12,14H,2-10H2,1H3. The Morgan fingerprint density at radius 3 is 2.69 bits per heavy atom. The lowest BCUT2D eigenvalue weighted by Crippen LogP contribution is -2.63. The fourth-order valence-electron chi connectivity index (χ4n) is 3.72. The fraction of sp³-hybridized carbons (Fsp3) is 1.00. The number of ether oxygens (including phenoxy) is 1. The average molecular weight is 224 g/mol. The average Bonchev–Trinajstić information content (AvgIpc) is 2.65.